The Bertz CT molecular complexity index is 889. The molecule has 2 aliphatic heterocycles. The average Bonchev–Trinajstić information content (AvgIpc) is 3.13. The Hall–Kier alpha value is -2.84. The second-order valence-corrected chi connectivity index (χ2v) is 6.99. The van der Waals surface area contributed by atoms with Gasteiger partial charge in [0, 0.05) is 45.2 Å². The molecule has 2 aliphatic rings. The molecular formula is C18H24N6O3. The number of amides is 1. The van der Waals surface area contributed by atoms with Crippen LogP contribution >= 0.6 is 0 Å². The largest absolute Gasteiger partial charge is 0.477 e. The summed E-state index contributed by atoms with van der Waals surface area (Å²) < 4.78 is 8.69. The van der Waals surface area contributed by atoms with Crippen LogP contribution in [0, 0.1) is 0 Å². The normalized spacial score (nSPS) is 19.3. The highest BCUT2D eigenvalue weighted by Crippen LogP contribution is 2.24. The number of aromatic nitrogens is 4. The van der Waals surface area contributed by atoms with E-state index in [1.54, 1.807) is 24.0 Å². The molecule has 0 aliphatic carbocycles. The lowest BCUT2D eigenvalue weighted by Gasteiger charge is -2.36. The minimum Gasteiger partial charge on any atom is -0.477 e. The maximum atomic E-state index is 12.6. The van der Waals surface area contributed by atoms with E-state index in [2.05, 4.69) is 20.4 Å². The summed E-state index contributed by atoms with van der Waals surface area (Å²) in [6, 6.07) is 3.42. The van der Waals surface area contributed by atoms with Gasteiger partial charge in [0.1, 0.15) is 11.4 Å². The van der Waals surface area contributed by atoms with Crippen LogP contribution in [0.1, 0.15) is 36.0 Å². The van der Waals surface area contributed by atoms with Crippen LogP contribution in [0.25, 0.3) is 0 Å². The number of rotatable bonds is 4. The number of hydrogen-bond acceptors (Lipinski definition) is 6. The highest BCUT2D eigenvalue weighted by molar-refractivity contribution is 5.96. The fourth-order valence-corrected chi connectivity index (χ4v) is 3.69. The molecule has 4 rings (SSSR count). The van der Waals surface area contributed by atoms with Gasteiger partial charge in [-0.3, -0.25) is 9.59 Å². The number of anilines is 1. The van der Waals surface area contributed by atoms with Crippen LogP contribution in [0.2, 0.25) is 0 Å². The topological polar surface area (TPSA) is 94.3 Å². The molecule has 27 heavy (non-hydrogen) atoms. The number of carbonyl (C=O) groups excluding carboxylic acids is 1. The lowest BCUT2D eigenvalue weighted by Crippen LogP contribution is -2.47. The molecular weight excluding hydrogens is 348 g/mol. The number of aryl methyl sites for hydroxylation is 2. The SMILES string of the molecule is Cn1nc(N2CCCCC2CNC(=O)c2cnn3c2OCCC3)ccc1=O. The van der Waals surface area contributed by atoms with E-state index in [0.717, 1.165) is 44.6 Å². The van der Waals surface area contributed by atoms with Crippen molar-refractivity contribution >= 4 is 11.7 Å². The molecule has 1 saturated heterocycles. The van der Waals surface area contributed by atoms with Crippen molar-refractivity contribution in [2.45, 2.75) is 38.3 Å². The summed E-state index contributed by atoms with van der Waals surface area (Å²) in [6.07, 6.45) is 5.62. The highest BCUT2D eigenvalue weighted by Gasteiger charge is 2.26. The van der Waals surface area contributed by atoms with Crippen molar-refractivity contribution in [1.29, 1.82) is 0 Å². The fraction of sp³-hybridized carbons (Fsp3) is 0.556. The van der Waals surface area contributed by atoms with Gasteiger partial charge in [0.15, 0.2) is 0 Å². The Morgan fingerprint density at radius 1 is 1.30 bits per heavy atom. The van der Waals surface area contributed by atoms with Gasteiger partial charge in [-0.05, 0) is 25.3 Å². The van der Waals surface area contributed by atoms with Crippen LogP contribution in [0.15, 0.2) is 23.1 Å². The van der Waals surface area contributed by atoms with Crippen molar-refractivity contribution in [3.63, 3.8) is 0 Å². The van der Waals surface area contributed by atoms with Gasteiger partial charge in [0.25, 0.3) is 11.5 Å². The van der Waals surface area contributed by atoms with Crippen molar-refractivity contribution < 1.29 is 9.53 Å². The number of hydrogen-bond donors (Lipinski definition) is 1. The minimum atomic E-state index is -0.169. The lowest BCUT2D eigenvalue weighted by molar-refractivity contribution is 0.0943. The minimum absolute atomic E-state index is 0.133. The number of nitrogens with one attached hydrogen (secondary N) is 1. The third kappa shape index (κ3) is 3.54. The molecule has 2 aromatic rings. The Balaban J connectivity index is 1.45. The summed E-state index contributed by atoms with van der Waals surface area (Å²) in [6.45, 7) is 2.75. The molecule has 9 nitrogen and oxygen atoms in total. The molecule has 1 amide bonds. The second-order valence-electron chi connectivity index (χ2n) is 6.99. The van der Waals surface area contributed by atoms with E-state index in [1.807, 2.05) is 0 Å². The van der Waals surface area contributed by atoms with E-state index in [4.69, 9.17) is 4.74 Å². The first-order valence-corrected chi connectivity index (χ1v) is 9.41. The first kappa shape index (κ1) is 17.6. The zero-order valence-corrected chi connectivity index (χ0v) is 15.4. The van der Waals surface area contributed by atoms with Gasteiger partial charge in [0.05, 0.1) is 12.8 Å². The highest BCUT2D eigenvalue weighted by atomic mass is 16.5. The van der Waals surface area contributed by atoms with Gasteiger partial charge in [-0.25, -0.2) is 9.36 Å². The first-order valence-electron chi connectivity index (χ1n) is 9.41. The van der Waals surface area contributed by atoms with E-state index in [-0.39, 0.29) is 17.5 Å². The van der Waals surface area contributed by atoms with Crippen molar-refractivity contribution in [3.05, 3.63) is 34.2 Å². The summed E-state index contributed by atoms with van der Waals surface area (Å²) in [5.41, 5.74) is 0.351. The average molecular weight is 372 g/mol. The molecule has 0 bridgehead atoms. The van der Waals surface area contributed by atoms with Gasteiger partial charge < -0.3 is 15.0 Å². The fourth-order valence-electron chi connectivity index (χ4n) is 3.69. The molecule has 1 atom stereocenters. The molecule has 0 spiro atoms. The number of nitrogens with zero attached hydrogens (tertiary/aromatic N) is 5. The second kappa shape index (κ2) is 7.42. The van der Waals surface area contributed by atoms with E-state index in [9.17, 15) is 9.59 Å². The predicted octanol–water partition coefficient (Wildman–Crippen LogP) is 0.548. The molecule has 0 saturated carbocycles. The Kier molecular flexibility index (Phi) is 4.83. The monoisotopic (exact) mass is 372 g/mol. The zero-order chi connectivity index (χ0) is 18.8. The predicted molar refractivity (Wildman–Crippen MR) is 99.1 cm³/mol. The first-order chi connectivity index (χ1) is 13.1. The van der Waals surface area contributed by atoms with Crippen LogP contribution in [0.3, 0.4) is 0 Å². The van der Waals surface area contributed by atoms with E-state index in [0.29, 0.717) is 24.6 Å². The van der Waals surface area contributed by atoms with Crippen LogP contribution in [-0.4, -0.2) is 51.2 Å². The van der Waals surface area contributed by atoms with E-state index in [1.165, 1.54) is 10.7 Å². The molecule has 1 N–H and O–H groups in total. The van der Waals surface area contributed by atoms with Gasteiger partial charge >= 0.3 is 0 Å². The van der Waals surface area contributed by atoms with Gasteiger partial charge in [-0.2, -0.15) is 10.2 Å². The third-order valence-corrected chi connectivity index (χ3v) is 5.15. The molecule has 144 valence electrons. The van der Waals surface area contributed by atoms with Crippen molar-refractivity contribution in [1.82, 2.24) is 24.9 Å². The molecule has 4 heterocycles. The standard InChI is InChI=1S/C18H24N6O3/c1-22-16(25)7-6-15(21-22)23-8-3-2-5-13(23)11-19-17(26)14-12-20-24-9-4-10-27-18(14)24/h6-7,12-13H,2-5,8-11H2,1H3,(H,19,26). The molecule has 9 heteroatoms. The van der Waals surface area contributed by atoms with Crippen LogP contribution in [-0.2, 0) is 13.6 Å². The quantitative estimate of drug-likeness (QED) is 0.842. The van der Waals surface area contributed by atoms with Gasteiger partial charge in [0.2, 0.25) is 5.88 Å². The van der Waals surface area contributed by atoms with Crippen molar-refractivity contribution in [2.24, 2.45) is 7.05 Å². The molecule has 0 aromatic carbocycles. The van der Waals surface area contributed by atoms with Crippen LogP contribution in [0.5, 0.6) is 5.88 Å². The lowest BCUT2D eigenvalue weighted by atomic mass is 10.0. The third-order valence-electron chi connectivity index (χ3n) is 5.15. The zero-order valence-electron chi connectivity index (χ0n) is 15.4. The molecule has 0 radical (unpaired) electrons. The summed E-state index contributed by atoms with van der Waals surface area (Å²) in [7, 11) is 1.65. The van der Waals surface area contributed by atoms with E-state index >= 15 is 0 Å². The van der Waals surface area contributed by atoms with Crippen LogP contribution < -0.4 is 20.5 Å². The van der Waals surface area contributed by atoms with Gasteiger partial charge in [-0.1, -0.05) is 0 Å². The molecule has 1 unspecified atom stereocenters. The summed E-state index contributed by atoms with van der Waals surface area (Å²) in [4.78, 5) is 26.4. The maximum absolute atomic E-state index is 12.6. The van der Waals surface area contributed by atoms with E-state index < -0.39 is 0 Å². The number of ether oxygens (including phenoxy) is 1. The van der Waals surface area contributed by atoms with Crippen molar-refractivity contribution in [2.75, 3.05) is 24.6 Å². The number of fused-ring (bicyclic) bond motifs is 1. The Labute approximate surface area is 156 Å². The summed E-state index contributed by atoms with van der Waals surface area (Å²) >= 11 is 0. The number of carbonyl (C=O) groups is 1. The summed E-state index contributed by atoms with van der Waals surface area (Å²) in [5, 5.41) is 11.6. The molecule has 1 fully saturated rings. The van der Waals surface area contributed by atoms with Gasteiger partial charge in [-0.15, -0.1) is 0 Å². The Morgan fingerprint density at radius 3 is 3.04 bits per heavy atom. The molecule has 2 aromatic heterocycles. The maximum Gasteiger partial charge on any atom is 0.266 e. The smallest absolute Gasteiger partial charge is 0.266 e. The number of piperidine rings is 1. The summed E-state index contributed by atoms with van der Waals surface area (Å²) in [5.74, 6) is 1.15. The van der Waals surface area contributed by atoms with Crippen molar-refractivity contribution in [3.8, 4) is 5.88 Å². The Morgan fingerprint density at radius 2 is 2.19 bits per heavy atom. The van der Waals surface area contributed by atoms with Crippen LogP contribution in [0.4, 0.5) is 5.82 Å².